The number of nitrogens with zero attached hydrogens (tertiary/aromatic N) is 2. The van der Waals surface area contributed by atoms with E-state index < -0.39 is 0 Å². The third-order valence-electron chi connectivity index (χ3n) is 3.56. The number of carbonyl (C=O) groups is 2. The van der Waals surface area contributed by atoms with Crippen LogP contribution in [-0.4, -0.2) is 74.0 Å². The number of hydrogen-bond donors (Lipinski definition) is 2. The fraction of sp³-hybridized carbons (Fsp3) is 0.833. The van der Waals surface area contributed by atoms with Gasteiger partial charge < -0.3 is 15.5 Å². The van der Waals surface area contributed by atoms with Gasteiger partial charge in [-0.1, -0.05) is 0 Å². The first-order valence-corrected chi connectivity index (χ1v) is 6.69. The minimum atomic E-state index is 0. The van der Waals surface area contributed by atoms with Crippen molar-refractivity contribution in [3.63, 3.8) is 0 Å². The Morgan fingerprint density at radius 1 is 1.21 bits per heavy atom. The molecule has 2 rings (SSSR count). The summed E-state index contributed by atoms with van der Waals surface area (Å²) in [7, 11) is 0. The number of nitrogens with one attached hydrogen (secondary N) is 2. The van der Waals surface area contributed by atoms with Crippen molar-refractivity contribution in [2.75, 3.05) is 52.4 Å². The molecule has 2 aliphatic rings. The maximum Gasteiger partial charge on any atom is 0.234 e. The molecular weight excluding hydrogens is 268 g/mol. The van der Waals surface area contributed by atoms with E-state index in [4.69, 9.17) is 0 Å². The molecule has 6 nitrogen and oxygen atoms in total. The van der Waals surface area contributed by atoms with Gasteiger partial charge in [0.15, 0.2) is 0 Å². The van der Waals surface area contributed by atoms with Gasteiger partial charge >= 0.3 is 0 Å². The van der Waals surface area contributed by atoms with Gasteiger partial charge in [-0.25, -0.2) is 0 Å². The predicted molar refractivity (Wildman–Crippen MR) is 75.3 cm³/mol. The highest BCUT2D eigenvalue weighted by Gasteiger charge is 2.31. The lowest BCUT2D eigenvalue weighted by atomic mass is 10.0. The molecule has 2 heterocycles. The molecule has 2 N–H and O–H groups in total. The Balaban J connectivity index is 0.00000180. The van der Waals surface area contributed by atoms with Crippen LogP contribution in [-0.2, 0) is 9.59 Å². The van der Waals surface area contributed by atoms with Crippen molar-refractivity contribution >= 4 is 24.2 Å². The molecule has 0 aromatic heterocycles. The topological polar surface area (TPSA) is 64.7 Å². The van der Waals surface area contributed by atoms with Crippen molar-refractivity contribution in [3.8, 4) is 0 Å². The van der Waals surface area contributed by atoms with Crippen LogP contribution < -0.4 is 10.6 Å². The second kappa shape index (κ2) is 7.67. The van der Waals surface area contributed by atoms with E-state index in [1.807, 2.05) is 11.8 Å². The first-order chi connectivity index (χ1) is 8.70. The minimum Gasteiger partial charge on any atom is -0.355 e. The lowest BCUT2D eigenvalue weighted by Crippen LogP contribution is -2.57. The number of halogens is 1. The summed E-state index contributed by atoms with van der Waals surface area (Å²) in [5.41, 5.74) is 0. The highest BCUT2D eigenvalue weighted by atomic mass is 35.5. The van der Waals surface area contributed by atoms with Gasteiger partial charge in [-0.3, -0.25) is 14.5 Å². The molecule has 0 aromatic carbocycles. The van der Waals surface area contributed by atoms with E-state index in [0.29, 0.717) is 13.1 Å². The van der Waals surface area contributed by atoms with Gasteiger partial charge in [0, 0.05) is 45.8 Å². The average Bonchev–Trinajstić information content (AvgIpc) is 2.27. The lowest BCUT2D eigenvalue weighted by molar-refractivity contribution is -0.139. The zero-order valence-electron chi connectivity index (χ0n) is 11.4. The number of carbonyl (C=O) groups excluding carboxylic acids is 2. The molecule has 0 bridgehead atoms. The average molecular weight is 291 g/mol. The van der Waals surface area contributed by atoms with Crippen LogP contribution in [0.15, 0.2) is 0 Å². The van der Waals surface area contributed by atoms with Crippen molar-refractivity contribution in [1.29, 1.82) is 0 Å². The van der Waals surface area contributed by atoms with E-state index in [1.54, 1.807) is 0 Å². The molecule has 2 fully saturated rings. The summed E-state index contributed by atoms with van der Waals surface area (Å²) in [5.74, 6) is 0.520. The Bertz CT molecular complexity index is 315. The number of amides is 2. The monoisotopic (exact) mass is 290 g/mol. The van der Waals surface area contributed by atoms with Crippen molar-refractivity contribution in [2.24, 2.45) is 5.92 Å². The molecule has 0 atom stereocenters. The summed E-state index contributed by atoms with van der Waals surface area (Å²) in [5, 5.41) is 5.91. The maximum atomic E-state index is 12.0. The second-order valence-corrected chi connectivity index (χ2v) is 4.91. The lowest BCUT2D eigenvalue weighted by Gasteiger charge is -2.38. The molecule has 19 heavy (non-hydrogen) atoms. The van der Waals surface area contributed by atoms with Crippen LogP contribution >= 0.6 is 12.4 Å². The molecule has 0 saturated carbocycles. The third kappa shape index (κ3) is 4.33. The molecular formula is C12H23ClN4O2. The van der Waals surface area contributed by atoms with Gasteiger partial charge in [0.1, 0.15) is 0 Å². The molecule has 110 valence electrons. The number of likely N-dealkylation sites (N-methyl/N-ethyl adjacent to an activating group) is 1. The SMILES string of the molecule is CCNC(=O)CN1CCN(C(=O)C2CNC2)CC1.Cl. The predicted octanol–water partition coefficient (Wildman–Crippen LogP) is -1.09. The molecule has 2 aliphatic heterocycles. The minimum absolute atomic E-state index is 0. The maximum absolute atomic E-state index is 12.0. The summed E-state index contributed by atoms with van der Waals surface area (Å²) >= 11 is 0. The summed E-state index contributed by atoms with van der Waals surface area (Å²) in [4.78, 5) is 27.5. The van der Waals surface area contributed by atoms with E-state index in [9.17, 15) is 9.59 Å². The zero-order chi connectivity index (χ0) is 13.0. The fourth-order valence-corrected chi connectivity index (χ4v) is 2.30. The van der Waals surface area contributed by atoms with Crippen molar-refractivity contribution in [2.45, 2.75) is 6.92 Å². The third-order valence-corrected chi connectivity index (χ3v) is 3.56. The first-order valence-electron chi connectivity index (χ1n) is 6.69. The van der Waals surface area contributed by atoms with Crippen molar-refractivity contribution < 1.29 is 9.59 Å². The molecule has 0 spiro atoms. The Morgan fingerprint density at radius 3 is 2.32 bits per heavy atom. The van der Waals surface area contributed by atoms with Crippen molar-refractivity contribution in [3.05, 3.63) is 0 Å². The molecule has 2 saturated heterocycles. The standard InChI is InChI=1S/C12H22N4O2.ClH/c1-2-14-11(17)9-15-3-5-16(6-4-15)12(18)10-7-13-8-10;/h10,13H,2-9H2,1H3,(H,14,17);1H. The number of piperazine rings is 1. The summed E-state index contributed by atoms with van der Waals surface area (Å²) in [6.07, 6.45) is 0. The summed E-state index contributed by atoms with van der Waals surface area (Å²) < 4.78 is 0. The van der Waals surface area contributed by atoms with Crippen molar-refractivity contribution in [1.82, 2.24) is 20.4 Å². The quantitative estimate of drug-likeness (QED) is 0.690. The van der Waals surface area contributed by atoms with E-state index in [0.717, 1.165) is 39.3 Å². The Labute approximate surface area is 120 Å². The van der Waals surface area contributed by atoms with Crippen LogP contribution in [0.2, 0.25) is 0 Å². The molecule has 0 aromatic rings. The Hall–Kier alpha value is -0.850. The number of rotatable bonds is 4. The Morgan fingerprint density at radius 2 is 1.84 bits per heavy atom. The normalized spacial score (nSPS) is 20.4. The fourth-order valence-electron chi connectivity index (χ4n) is 2.30. The van der Waals surface area contributed by atoms with Gasteiger partial charge in [-0.2, -0.15) is 0 Å². The van der Waals surface area contributed by atoms with E-state index >= 15 is 0 Å². The van der Waals surface area contributed by atoms with E-state index in [-0.39, 0.29) is 30.1 Å². The molecule has 2 amide bonds. The first kappa shape index (κ1) is 16.2. The zero-order valence-corrected chi connectivity index (χ0v) is 12.2. The summed E-state index contributed by atoms with van der Waals surface area (Å²) in [6, 6.07) is 0. The largest absolute Gasteiger partial charge is 0.355 e. The van der Waals surface area contributed by atoms with Gasteiger partial charge in [0.2, 0.25) is 11.8 Å². The number of hydrogen-bond acceptors (Lipinski definition) is 4. The van der Waals surface area contributed by atoms with Crippen LogP contribution in [0.5, 0.6) is 0 Å². The van der Waals surface area contributed by atoms with Crippen LogP contribution in [0.1, 0.15) is 6.92 Å². The van der Waals surface area contributed by atoms with Gasteiger partial charge in [0.05, 0.1) is 12.5 Å². The van der Waals surface area contributed by atoms with E-state index in [2.05, 4.69) is 15.5 Å². The van der Waals surface area contributed by atoms with Crippen LogP contribution in [0.3, 0.4) is 0 Å². The highest BCUT2D eigenvalue weighted by Crippen LogP contribution is 2.10. The van der Waals surface area contributed by atoms with Gasteiger partial charge in [0.25, 0.3) is 0 Å². The van der Waals surface area contributed by atoms with Crippen LogP contribution in [0, 0.1) is 5.92 Å². The van der Waals surface area contributed by atoms with Crippen LogP contribution in [0.25, 0.3) is 0 Å². The van der Waals surface area contributed by atoms with Crippen LogP contribution in [0.4, 0.5) is 0 Å². The van der Waals surface area contributed by atoms with Gasteiger partial charge in [-0.05, 0) is 6.92 Å². The highest BCUT2D eigenvalue weighted by molar-refractivity contribution is 5.85. The molecule has 0 aliphatic carbocycles. The van der Waals surface area contributed by atoms with E-state index in [1.165, 1.54) is 0 Å². The summed E-state index contributed by atoms with van der Waals surface area (Å²) in [6.45, 7) is 7.75. The molecule has 0 radical (unpaired) electrons. The Kier molecular flexibility index (Phi) is 6.54. The van der Waals surface area contributed by atoms with Gasteiger partial charge in [-0.15, -0.1) is 12.4 Å². The smallest absolute Gasteiger partial charge is 0.234 e. The second-order valence-electron chi connectivity index (χ2n) is 4.91. The molecule has 7 heteroatoms. The molecule has 0 unspecified atom stereocenters.